The lowest BCUT2D eigenvalue weighted by molar-refractivity contribution is -0.123. The largest absolute Gasteiger partial charge is 0.348 e. The topological polar surface area (TPSA) is 69.7 Å². The smallest absolute Gasteiger partial charge is 0.243 e. The normalized spacial score (nSPS) is 17.6. The van der Waals surface area contributed by atoms with Crippen molar-refractivity contribution in [1.82, 2.24) is 14.5 Å². The molecule has 8 heteroatoms. The predicted molar refractivity (Wildman–Crippen MR) is 123 cm³/mol. The van der Waals surface area contributed by atoms with Crippen LogP contribution >= 0.6 is 0 Å². The van der Waals surface area contributed by atoms with Gasteiger partial charge in [0.15, 0.2) is 0 Å². The van der Waals surface area contributed by atoms with E-state index in [0.717, 1.165) is 17.5 Å². The van der Waals surface area contributed by atoms with Gasteiger partial charge in [0.05, 0.1) is 17.5 Å². The van der Waals surface area contributed by atoms with Gasteiger partial charge in [-0.3, -0.25) is 9.69 Å². The Labute approximate surface area is 190 Å². The molecule has 2 atom stereocenters. The summed E-state index contributed by atoms with van der Waals surface area (Å²) in [4.78, 5) is 14.7. The quantitative estimate of drug-likeness (QED) is 0.653. The second kappa shape index (κ2) is 10.6. The van der Waals surface area contributed by atoms with Crippen molar-refractivity contribution in [2.24, 2.45) is 0 Å². The Bertz CT molecular complexity index is 1000. The Morgan fingerprint density at radius 1 is 0.969 bits per heavy atom. The number of amides is 1. The predicted octanol–water partition coefficient (Wildman–Crippen LogP) is 3.52. The average Bonchev–Trinajstić information content (AvgIpc) is 2.79. The van der Waals surface area contributed by atoms with Gasteiger partial charge in [-0.2, -0.15) is 4.31 Å². The number of nitrogens with one attached hydrogen (secondary N) is 1. The van der Waals surface area contributed by atoms with Gasteiger partial charge in [-0.05, 0) is 54.7 Å². The van der Waals surface area contributed by atoms with Crippen molar-refractivity contribution in [3.63, 3.8) is 0 Å². The molecular formula is C24H32FN3O3S. The highest BCUT2D eigenvalue weighted by atomic mass is 32.2. The summed E-state index contributed by atoms with van der Waals surface area (Å²) in [5.41, 5.74) is 1.96. The van der Waals surface area contributed by atoms with Crippen LogP contribution in [0.2, 0.25) is 0 Å². The van der Waals surface area contributed by atoms with Gasteiger partial charge in [0.1, 0.15) is 5.82 Å². The number of hydrogen-bond acceptors (Lipinski definition) is 4. The minimum atomic E-state index is -3.55. The molecule has 1 amide bonds. The Morgan fingerprint density at radius 3 is 2.09 bits per heavy atom. The first-order valence-corrected chi connectivity index (χ1v) is 12.5. The van der Waals surface area contributed by atoms with Gasteiger partial charge < -0.3 is 5.32 Å². The highest BCUT2D eigenvalue weighted by Crippen LogP contribution is 2.23. The molecule has 6 nitrogen and oxygen atoms in total. The lowest BCUT2D eigenvalue weighted by Crippen LogP contribution is -2.51. The molecule has 32 heavy (non-hydrogen) atoms. The zero-order valence-corrected chi connectivity index (χ0v) is 19.7. The van der Waals surface area contributed by atoms with Crippen LogP contribution in [-0.4, -0.2) is 56.3 Å². The highest BCUT2D eigenvalue weighted by molar-refractivity contribution is 7.89. The molecule has 0 spiro atoms. The van der Waals surface area contributed by atoms with Crippen LogP contribution in [0.5, 0.6) is 0 Å². The van der Waals surface area contributed by atoms with Crippen molar-refractivity contribution in [2.75, 3.05) is 32.7 Å². The molecule has 0 aliphatic carbocycles. The molecule has 0 bridgehead atoms. The Kier molecular flexibility index (Phi) is 8.03. The van der Waals surface area contributed by atoms with Gasteiger partial charge in [0.25, 0.3) is 0 Å². The maximum atomic E-state index is 13.1. The van der Waals surface area contributed by atoms with E-state index >= 15 is 0 Å². The standard InChI is InChI=1S/C24H32FN3O3S/c1-4-18(2)20-7-11-23(12-8-20)32(30,31)28-15-13-27(14-16-28)17-24(29)26-19(3)21-5-9-22(25)10-6-21/h5-12,18-19H,4,13-17H2,1-3H3,(H,26,29)/t18-,19-/m0/s1. The van der Waals surface area contributed by atoms with E-state index in [-0.39, 0.29) is 24.3 Å². The van der Waals surface area contributed by atoms with Crippen molar-refractivity contribution in [1.29, 1.82) is 0 Å². The second-order valence-electron chi connectivity index (χ2n) is 8.40. The third kappa shape index (κ3) is 5.94. The fraction of sp³-hybridized carbons (Fsp3) is 0.458. The molecule has 0 aromatic heterocycles. The van der Waals surface area contributed by atoms with Crippen LogP contribution in [0.25, 0.3) is 0 Å². The van der Waals surface area contributed by atoms with Crippen molar-refractivity contribution in [3.8, 4) is 0 Å². The van der Waals surface area contributed by atoms with Crippen molar-refractivity contribution in [3.05, 3.63) is 65.5 Å². The Hall–Kier alpha value is -2.29. The zero-order valence-electron chi connectivity index (χ0n) is 18.9. The third-order valence-electron chi connectivity index (χ3n) is 6.15. The van der Waals surface area contributed by atoms with Gasteiger partial charge in [0, 0.05) is 26.2 Å². The number of rotatable bonds is 8. The number of nitrogens with zero attached hydrogens (tertiary/aromatic N) is 2. The first kappa shape index (κ1) is 24.4. The fourth-order valence-corrected chi connectivity index (χ4v) is 5.23. The third-order valence-corrected chi connectivity index (χ3v) is 8.06. The van der Waals surface area contributed by atoms with Crippen molar-refractivity contribution >= 4 is 15.9 Å². The van der Waals surface area contributed by atoms with Gasteiger partial charge >= 0.3 is 0 Å². The SMILES string of the molecule is CC[C@H](C)c1ccc(S(=O)(=O)N2CCN(CC(=O)N[C@@H](C)c3ccc(F)cc3)CC2)cc1. The summed E-state index contributed by atoms with van der Waals surface area (Å²) in [5, 5.41) is 2.91. The minimum absolute atomic E-state index is 0.140. The number of carbonyl (C=O) groups is 1. The second-order valence-corrected chi connectivity index (χ2v) is 10.3. The van der Waals surface area contributed by atoms with Crippen LogP contribution < -0.4 is 5.32 Å². The van der Waals surface area contributed by atoms with E-state index in [1.54, 1.807) is 24.3 Å². The van der Waals surface area contributed by atoms with E-state index in [1.165, 1.54) is 16.4 Å². The Morgan fingerprint density at radius 2 is 1.53 bits per heavy atom. The van der Waals surface area contributed by atoms with Gasteiger partial charge in [-0.1, -0.05) is 38.1 Å². The summed E-state index contributed by atoms with van der Waals surface area (Å²) in [6, 6.07) is 13.0. The molecule has 2 aromatic carbocycles. The molecule has 0 unspecified atom stereocenters. The molecule has 1 saturated heterocycles. The fourth-order valence-electron chi connectivity index (χ4n) is 3.81. The number of sulfonamides is 1. The Balaban J connectivity index is 1.51. The summed E-state index contributed by atoms with van der Waals surface area (Å²) in [6.45, 7) is 7.95. The number of benzene rings is 2. The van der Waals surface area contributed by atoms with Crippen molar-refractivity contribution in [2.45, 2.75) is 44.0 Å². The molecule has 174 valence electrons. The van der Waals surface area contributed by atoms with Crippen LogP contribution in [-0.2, 0) is 14.8 Å². The van der Waals surface area contributed by atoms with E-state index in [1.807, 2.05) is 24.0 Å². The lowest BCUT2D eigenvalue weighted by atomic mass is 9.99. The molecule has 1 heterocycles. The summed E-state index contributed by atoms with van der Waals surface area (Å²) >= 11 is 0. The minimum Gasteiger partial charge on any atom is -0.348 e. The molecular weight excluding hydrogens is 429 g/mol. The van der Waals surface area contributed by atoms with E-state index in [9.17, 15) is 17.6 Å². The monoisotopic (exact) mass is 461 g/mol. The first-order chi connectivity index (χ1) is 15.2. The maximum Gasteiger partial charge on any atom is 0.243 e. The number of hydrogen-bond donors (Lipinski definition) is 1. The van der Waals surface area contributed by atoms with Crippen LogP contribution in [0.1, 0.15) is 50.3 Å². The van der Waals surface area contributed by atoms with Crippen LogP contribution in [0.3, 0.4) is 0 Å². The van der Waals surface area contributed by atoms with Gasteiger partial charge in [-0.15, -0.1) is 0 Å². The van der Waals surface area contributed by atoms with Crippen LogP contribution in [0.4, 0.5) is 4.39 Å². The molecule has 1 N–H and O–H groups in total. The molecule has 3 rings (SSSR count). The van der Waals surface area contributed by atoms with E-state index in [4.69, 9.17) is 0 Å². The van der Waals surface area contributed by atoms with Crippen molar-refractivity contribution < 1.29 is 17.6 Å². The van der Waals surface area contributed by atoms with E-state index < -0.39 is 10.0 Å². The van der Waals surface area contributed by atoms with Gasteiger partial charge in [0.2, 0.25) is 15.9 Å². The summed E-state index contributed by atoms with van der Waals surface area (Å²) in [6.07, 6.45) is 1.00. The van der Waals surface area contributed by atoms with E-state index in [2.05, 4.69) is 19.2 Å². The zero-order chi connectivity index (χ0) is 23.3. The molecule has 0 saturated carbocycles. The molecule has 1 fully saturated rings. The first-order valence-electron chi connectivity index (χ1n) is 11.1. The molecule has 1 aliphatic rings. The number of halogens is 1. The summed E-state index contributed by atoms with van der Waals surface area (Å²) < 4.78 is 40.5. The molecule has 0 radical (unpaired) electrons. The summed E-state index contributed by atoms with van der Waals surface area (Å²) in [7, 11) is -3.55. The number of piperazine rings is 1. The maximum absolute atomic E-state index is 13.1. The van der Waals surface area contributed by atoms with Crippen LogP contribution in [0, 0.1) is 5.82 Å². The molecule has 2 aromatic rings. The van der Waals surface area contributed by atoms with Crippen LogP contribution in [0.15, 0.2) is 53.4 Å². The average molecular weight is 462 g/mol. The van der Waals surface area contributed by atoms with E-state index in [0.29, 0.717) is 37.0 Å². The highest BCUT2D eigenvalue weighted by Gasteiger charge is 2.29. The summed E-state index contributed by atoms with van der Waals surface area (Å²) in [5.74, 6) is -0.0578. The molecule has 1 aliphatic heterocycles. The number of carbonyl (C=O) groups excluding carboxylic acids is 1. The van der Waals surface area contributed by atoms with Gasteiger partial charge in [-0.25, -0.2) is 12.8 Å². The lowest BCUT2D eigenvalue weighted by Gasteiger charge is -2.33.